The average molecular weight is 763 g/mol. The minimum Gasteiger partial charge on any atom is -0.462 e. The number of unbranched alkanes of at least 4 members (excludes halogenated alkanes) is 21. The van der Waals surface area contributed by atoms with Crippen LogP contribution in [0.3, 0.4) is 0 Å². The van der Waals surface area contributed by atoms with Crippen molar-refractivity contribution in [3.05, 3.63) is 0 Å². The van der Waals surface area contributed by atoms with E-state index >= 15 is 0 Å². The first-order valence-electron chi connectivity index (χ1n) is 21.5. The second kappa shape index (κ2) is 33.3. The van der Waals surface area contributed by atoms with Crippen LogP contribution in [0.15, 0.2) is 0 Å². The van der Waals surface area contributed by atoms with Crippen molar-refractivity contribution in [2.45, 2.75) is 212 Å². The van der Waals surface area contributed by atoms with E-state index in [2.05, 4.69) is 13.8 Å². The number of hydrogen-bond acceptors (Lipinski definition) is 9. The molecular weight excluding hydrogens is 683 g/mol. The Kier molecular flexibility index (Phi) is 31.4. The van der Waals surface area contributed by atoms with Crippen LogP contribution in [-0.2, 0) is 32.7 Å². The highest BCUT2D eigenvalue weighted by molar-refractivity contribution is 7.47. The number of carbonyl (C=O) groups is 2. The molecule has 308 valence electrons. The van der Waals surface area contributed by atoms with Gasteiger partial charge in [-0.15, -0.1) is 0 Å². The molecule has 0 aromatic heterocycles. The summed E-state index contributed by atoms with van der Waals surface area (Å²) in [6.07, 6.45) is 31.1. The molecule has 1 fully saturated rings. The van der Waals surface area contributed by atoms with Gasteiger partial charge in [-0.3, -0.25) is 18.6 Å². The molecule has 10 nitrogen and oxygen atoms in total. The number of ether oxygens (including phenoxy) is 2. The summed E-state index contributed by atoms with van der Waals surface area (Å²) in [6.45, 7) is 2.43. The Balaban J connectivity index is 2.24. The second-order valence-electron chi connectivity index (χ2n) is 15.3. The Morgan fingerprint density at radius 3 is 1.48 bits per heavy atom. The molecule has 0 saturated heterocycles. The Bertz CT molecular complexity index is 903. The predicted molar refractivity (Wildman–Crippen MR) is 208 cm³/mol. The fourth-order valence-corrected chi connectivity index (χ4v) is 7.55. The first-order chi connectivity index (χ1) is 25.2. The van der Waals surface area contributed by atoms with Crippen LogP contribution in [0, 0.1) is 11.8 Å². The van der Waals surface area contributed by atoms with E-state index in [-0.39, 0.29) is 19.4 Å². The van der Waals surface area contributed by atoms with Gasteiger partial charge in [0.25, 0.3) is 0 Å². The van der Waals surface area contributed by atoms with E-state index in [1.54, 1.807) is 0 Å². The summed E-state index contributed by atoms with van der Waals surface area (Å²) in [6, 6.07) is 0. The van der Waals surface area contributed by atoms with E-state index in [4.69, 9.17) is 23.6 Å². The maximum Gasteiger partial charge on any atom is 0.472 e. The molecule has 0 aliphatic heterocycles. The lowest BCUT2D eigenvalue weighted by Crippen LogP contribution is -2.29. The number of hydrogen-bond donors (Lipinski definition) is 3. The summed E-state index contributed by atoms with van der Waals surface area (Å²) in [5, 5.41) is 18.3. The van der Waals surface area contributed by atoms with Crippen LogP contribution in [0.1, 0.15) is 200 Å². The molecule has 0 bridgehead atoms. The molecule has 1 saturated carbocycles. The molecule has 3 unspecified atom stereocenters. The van der Waals surface area contributed by atoms with Crippen LogP contribution in [0.5, 0.6) is 0 Å². The average Bonchev–Trinajstić information content (AvgIpc) is 3.89. The summed E-state index contributed by atoms with van der Waals surface area (Å²) >= 11 is 0. The largest absolute Gasteiger partial charge is 0.472 e. The molecule has 0 amide bonds. The van der Waals surface area contributed by atoms with Crippen LogP contribution in [0.4, 0.5) is 0 Å². The molecule has 52 heavy (non-hydrogen) atoms. The van der Waals surface area contributed by atoms with Crippen molar-refractivity contribution in [2.24, 2.45) is 11.8 Å². The van der Waals surface area contributed by atoms with Crippen molar-refractivity contribution in [2.75, 3.05) is 26.4 Å². The number of rotatable bonds is 39. The highest BCUT2D eigenvalue weighted by Gasteiger charge is 2.35. The number of phosphoric ester groups is 1. The lowest BCUT2D eigenvalue weighted by molar-refractivity contribution is -0.161. The zero-order valence-electron chi connectivity index (χ0n) is 33.3. The van der Waals surface area contributed by atoms with Gasteiger partial charge >= 0.3 is 19.8 Å². The Morgan fingerprint density at radius 1 is 0.596 bits per heavy atom. The van der Waals surface area contributed by atoms with Crippen LogP contribution >= 0.6 is 7.82 Å². The third kappa shape index (κ3) is 30.3. The van der Waals surface area contributed by atoms with Crippen molar-refractivity contribution < 1.29 is 47.8 Å². The minimum absolute atomic E-state index is 0.195. The first-order valence-corrected chi connectivity index (χ1v) is 23.0. The Hall–Kier alpha value is -1.03. The van der Waals surface area contributed by atoms with Gasteiger partial charge in [0.05, 0.1) is 19.8 Å². The molecule has 5 atom stereocenters. The third-order valence-corrected chi connectivity index (χ3v) is 11.2. The summed E-state index contributed by atoms with van der Waals surface area (Å²) in [5.41, 5.74) is 0. The lowest BCUT2D eigenvalue weighted by atomic mass is 10.0. The molecule has 1 aliphatic carbocycles. The maximum absolute atomic E-state index is 12.6. The van der Waals surface area contributed by atoms with Crippen molar-refractivity contribution in [1.29, 1.82) is 0 Å². The summed E-state index contributed by atoms with van der Waals surface area (Å²) in [4.78, 5) is 35.0. The van der Waals surface area contributed by atoms with Crippen molar-refractivity contribution in [3.8, 4) is 0 Å². The van der Waals surface area contributed by atoms with Crippen LogP contribution in [-0.4, -0.2) is 65.7 Å². The quantitative estimate of drug-likeness (QED) is 0.0314. The molecule has 11 heteroatoms. The first kappa shape index (κ1) is 49.0. The second-order valence-corrected chi connectivity index (χ2v) is 16.8. The summed E-state index contributed by atoms with van der Waals surface area (Å²) in [5.74, 6) is 1.07. The van der Waals surface area contributed by atoms with Crippen LogP contribution in [0.2, 0.25) is 0 Å². The normalized spacial score (nSPS) is 17.8. The van der Waals surface area contributed by atoms with Gasteiger partial charge in [0, 0.05) is 12.8 Å². The highest BCUT2D eigenvalue weighted by Crippen LogP contribution is 2.46. The highest BCUT2D eigenvalue weighted by atomic mass is 31.2. The summed E-state index contributed by atoms with van der Waals surface area (Å²) < 4.78 is 32.7. The van der Waals surface area contributed by atoms with Gasteiger partial charge in [-0.05, 0) is 31.1 Å². The molecule has 1 rings (SSSR count). The topological polar surface area (TPSA) is 149 Å². The molecule has 1 aliphatic rings. The number of aliphatic hydroxyl groups excluding tert-OH is 2. The Labute approximate surface area is 317 Å². The van der Waals surface area contributed by atoms with E-state index < -0.39 is 51.8 Å². The van der Waals surface area contributed by atoms with Crippen LogP contribution < -0.4 is 0 Å². The number of esters is 2. The van der Waals surface area contributed by atoms with Gasteiger partial charge in [-0.2, -0.15) is 0 Å². The molecular formula is C41H79O10P. The third-order valence-electron chi connectivity index (χ3n) is 10.2. The SMILES string of the molecule is CCCCCCCCCCCCCCCC(=O)OC[C@H](COP(=O)(O)OC[C@@H](O)CO)OC(=O)CCCCCCCCCC1CC1CCCCCC. The minimum atomic E-state index is -4.61. The number of aliphatic hydroxyl groups is 2. The van der Waals surface area contributed by atoms with Crippen molar-refractivity contribution in [3.63, 3.8) is 0 Å². The van der Waals surface area contributed by atoms with Crippen molar-refractivity contribution >= 4 is 19.8 Å². The van der Waals surface area contributed by atoms with Gasteiger partial charge in [0.1, 0.15) is 12.7 Å². The van der Waals surface area contributed by atoms with Gasteiger partial charge in [0.15, 0.2) is 6.10 Å². The molecule has 0 radical (unpaired) electrons. The van der Waals surface area contributed by atoms with Gasteiger partial charge in [-0.25, -0.2) is 4.57 Å². The van der Waals surface area contributed by atoms with Crippen LogP contribution in [0.25, 0.3) is 0 Å². The Morgan fingerprint density at radius 2 is 1.00 bits per heavy atom. The molecule has 3 N–H and O–H groups in total. The van der Waals surface area contributed by atoms with E-state index in [1.807, 2.05) is 0 Å². The molecule has 0 aromatic rings. The van der Waals surface area contributed by atoms with Crippen molar-refractivity contribution in [1.82, 2.24) is 0 Å². The summed E-state index contributed by atoms with van der Waals surface area (Å²) in [7, 11) is -4.61. The fourth-order valence-electron chi connectivity index (χ4n) is 6.76. The molecule has 0 spiro atoms. The zero-order valence-corrected chi connectivity index (χ0v) is 34.2. The van der Waals surface area contributed by atoms with E-state index in [0.29, 0.717) is 12.8 Å². The number of phosphoric acid groups is 1. The van der Waals surface area contributed by atoms with Gasteiger partial charge in [0.2, 0.25) is 0 Å². The van der Waals surface area contributed by atoms with E-state index in [1.165, 1.54) is 128 Å². The molecule has 0 heterocycles. The fraction of sp³-hybridized carbons (Fsp3) is 0.951. The predicted octanol–water partition coefficient (Wildman–Crippen LogP) is 10.5. The van der Waals surface area contributed by atoms with E-state index in [9.17, 15) is 24.2 Å². The zero-order chi connectivity index (χ0) is 38.1. The van der Waals surface area contributed by atoms with Gasteiger partial charge in [-0.1, -0.05) is 168 Å². The molecule has 0 aromatic carbocycles. The van der Waals surface area contributed by atoms with E-state index in [0.717, 1.165) is 43.9 Å². The lowest BCUT2D eigenvalue weighted by Gasteiger charge is -2.20. The number of carbonyl (C=O) groups excluding carboxylic acids is 2. The smallest absolute Gasteiger partial charge is 0.462 e. The maximum atomic E-state index is 12.6. The standard InChI is InChI=1S/C41H79O10P/c1-3-5-7-9-10-11-12-13-14-15-18-21-25-29-40(44)48-34-39(35-50-52(46,47)49-33-38(43)32-42)51-41(45)30-26-22-19-16-17-20-24-28-37-31-36(37)27-23-8-6-4-2/h36-39,42-43H,3-35H2,1-2H3,(H,46,47)/t36?,37?,38-,39+/m0/s1. The monoisotopic (exact) mass is 763 g/mol. The van der Waals surface area contributed by atoms with Gasteiger partial charge < -0.3 is 24.6 Å².